The third-order valence-corrected chi connectivity index (χ3v) is 5.25. The highest BCUT2D eigenvalue weighted by atomic mass is 32.2. The summed E-state index contributed by atoms with van der Waals surface area (Å²) >= 11 is 0. The average molecular weight is 336 g/mol. The zero-order valence-corrected chi connectivity index (χ0v) is 14.9. The van der Waals surface area contributed by atoms with Gasteiger partial charge in [-0.1, -0.05) is 40.2 Å². The third kappa shape index (κ3) is 3.93. The van der Waals surface area contributed by atoms with Crippen molar-refractivity contribution in [2.75, 3.05) is 6.61 Å². The predicted molar refractivity (Wildman–Crippen MR) is 90.4 cm³/mol. The maximum Gasteiger partial charge on any atom is 0.272 e. The van der Waals surface area contributed by atoms with Crippen LogP contribution in [0, 0.1) is 0 Å². The molecule has 0 fully saturated rings. The van der Waals surface area contributed by atoms with Crippen molar-refractivity contribution in [1.29, 1.82) is 0 Å². The molecule has 2 aromatic rings. The molecular weight excluding hydrogens is 312 g/mol. The molecule has 0 unspecified atom stereocenters. The maximum absolute atomic E-state index is 12.9. The van der Waals surface area contributed by atoms with Crippen LogP contribution in [0.25, 0.3) is 0 Å². The van der Waals surface area contributed by atoms with E-state index in [0.717, 1.165) is 22.4 Å². The smallest absolute Gasteiger partial charge is 0.272 e. The van der Waals surface area contributed by atoms with E-state index in [-0.39, 0.29) is 10.3 Å². The molecule has 2 rings (SSSR count). The van der Waals surface area contributed by atoms with Crippen LogP contribution in [0.5, 0.6) is 5.75 Å². The predicted octanol–water partition coefficient (Wildman–Crippen LogP) is 3.60. The van der Waals surface area contributed by atoms with E-state index in [1.54, 1.807) is 12.1 Å². The lowest BCUT2D eigenvalue weighted by Crippen LogP contribution is -2.16. The van der Waals surface area contributed by atoms with Gasteiger partial charge in [0.2, 0.25) is 0 Å². The minimum atomic E-state index is -3.72. The number of hydrogen-bond donors (Lipinski definition) is 0. The van der Waals surface area contributed by atoms with Gasteiger partial charge in [-0.2, -0.15) is 0 Å². The van der Waals surface area contributed by atoms with E-state index < -0.39 is 10.0 Å². The van der Waals surface area contributed by atoms with E-state index >= 15 is 0 Å². The zero-order chi connectivity index (χ0) is 17.1. The van der Waals surface area contributed by atoms with Gasteiger partial charge in [-0.3, -0.25) is 0 Å². The summed E-state index contributed by atoms with van der Waals surface area (Å²) in [5.41, 5.74) is 0.792. The molecule has 1 aromatic carbocycles. The molecule has 1 aromatic heterocycles. The van der Waals surface area contributed by atoms with Gasteiger partial charge in [-0.25, -0.2) is 17.4 Å². The standard InChI is InChI=1S/C17H24N2O3S/c1-5-6-11-22-15-8-7-14(17(2,3)4)12-16(15)23(20,21)19-10-9-18-13-19/h7-10,12-13H,5-6,11H2,1-4H3. The molecular formula is C17H24N2O3S. The highest BCUT2D eigenvalue weighted by Gasteiger charge is 2.25. The quantitative estimate of drug-likeness (QED) is 0.756. The molecule has 0 amide bonds. The third-order valence-electron chi connectivity index (χ3n) is 3.60. The number of ether oxygens (including phenoxy) is 1. The van der Waals surface area contributed by atoms with Crippen molar-refractivity contribution in [3.63, 3.8) is 0 Å². The van der Waals surface area contributed by atoms with Crippen LogP contribution in [-0.4, -0.2) is 24.0 Å². The van der Waals surface area contributed by atoms with Crippen molar-refractivity contribution in [2.45, 2.75) is 50.8 Å². The highest BCUT2D eigenvalue weighted by molar-refractivity contribution is 7.90. The van der Waals surface area contributed by atoms with Crippen LogP contribution in [-0.2, 0) is 15.4 Å². The van der Waals surface area contributed by atoms with E-state index in [1.165, 1.54) is 18.7 Å². The molecule has 6 heteroatoms. The van der Waals surface area contributed by atoms with Gasteiger partial charge in [0.05, 0.1) is 6.61 Å². The van der Waals surface area contributed by atoms with E-state index in [4.69, 9.17) is 4.74 Å². The Kier molecular flexibility index (Phi) is 5.14. The van der Waals surface area contributed by atoms with Gasteiger partial charge in [0.1, 0.15) is 17.0 Å². The largest absolute Gasteiger partial charge is 0.492 e. The number of rotatable bonds is 6. The first-order chi connectivity index (χ1) is 10.8. The van der Waals surface area contributed by atoms with Gasteiger partial charge < -0.3 is 4.74 Å². The molecule has 0 radical (unpaired) electrons. The normalized spacial score (nSPS) is 12.3. The second-order valence-corrected chi connectivity index (χ2v) is 8.32. The number of imidazole rings is 1. The molecule has 0 aliphatic carbocycles. The Morgan fingerprint density at radius 1 is 1.26 bits per heavy atom. The zero-order valence-electron chi connectivity index (χ0n) is 14.1. The SMILES string of the molecule is CCCCOc1ccc(C(C)(C)C)cc1S(=O)(=O)n1ccnc1. The number of benzene rings is 1. The Labute approximate surface area is 138 Å². The van der Waals surface area contributed by atoms with Crippen LogP contribution in [0.2, 0.25) is 0 Å². The molecule has 0 saturated carbocycles. The fourth-order valence-corrected chi connectivity index (χ4v) is 3.40. The Morgan fingerprint density at radius 3 is 2.57 bits per heavy atom. The first-order valence-electron chi connectivity index (χ1n) is 7.77. The number of unbranched alkanes of at least 4 members (excludes halogenated alkanes) is 1. The number of nitrogens with zero attached hydrogens (tertiary/aromatic N) is 2. The summed E-state index contributed by atoms with van der Waals surface area (Å²) < 4.78 is 32.6. The van der Waals surface area contributed by atoms with Crippen LogP contribution >= 0.6 is 0 Å². The van der Waals surface area contributed by atoms with Crippen LogP contribution in [0.15, 0.2) is 41.8 Å². The van der Waals surface area contributed by atoms with Crippen LogP contribution < -0.4 is 4.74 Å². The molecule has 0 aliphatic rings. The van der Waals surface area contributed by atoms with Crippen LogP contribution in [0.3, 0.4) is 0 Å². The minimum absolute atomic E-state index is 0.152. The molecule has 0 atom stereocenters. The lowest BCUT2D eigenvalue weighted by Gasteiger charge is -2.21. The fourth-order valence-electron chi connectivity index (χ4n) is 2.12. The molecule has 0 spiro atoms. The van der Waals surface area contributed by atoms with Gasteiger partial charge in [0.15, 0.2) is 0 Å². The van der Waals surface area contributed by atoms with E-state index in [2.05, 4.69) is 11.9 Å². The van der Waals surface area contributed by atoms with E-state index in [9.17, 15) is 8.42 Å². The topological polar surface area (TPSA) is 61.2 Å². The molecule has 0 bridgehead atoms. The highest BCUT2D eigenvalue weighted by Crippen LogP contribution is 2.32. The number of hydrogen-bond acceptors (Lipinski definition) is 4. The minimum Gasteiger partial charge on any atom is -0.492 e. The molecule has 5 nitrogen and oxygen atoms in total. The summed E-state index contributed by atoms with van der Waals surface area (Å²) in [6.45, 7) is 8.71. The number of aromatic nitrogens is 2. The molecule has 0 saturated heterocycles. The monoisotopic (exact) mass is 336 g/mol. The van der Waals surface area contributed by atoms with Crippen LogP contribution in [0.1, 0.15) is 46.1 Å². The molecule has 23 heavy (non-hydrogen) atoms. The van der Waals surface area contributed by atoms with Gasteiger partial charge in [-0.05, 0) is 29.5 Å². The average Bonchev–Trinajstić information content (AvgIpc) is 3.01. The van der Waals surface area contributed by atoms with Gasteiger partial charge >= 0.3 is 0 Å². The van der Waals surface area contributed by atoms with Crippen molar-refractivity contribution < 1.29 is 13.2 Å². The summed E-state index contributed by atoms with van der Waals surface area (Å²) in [6.07, 6.45) is 6.03. The summed E-state index contributed by atoms with van der Waals surface area (Å²) in [4.78, 5) is 4.01. The van der Waals surface area contributed by atoms with Crippen molar-refractivity contribution in [3.05, 3.63) is 42.5 Å². The Morgan fingerprint density at radius 2 is 2.00 bits per heavy atom. The Bertz CT molecular complexity index is 745. The summed E-state index contributed by atoms with van der Waals surface area (Å²) in [5.74, 6) is 0.389. The van der Waals surface area contributed by atoms with Crippen molar-refractivity contribution >= 4 is 10.0 Å². The molecule has 126 valence electrons. The maximum atomic E-state index is 12.9. The first-order valence-corrected chi connectivity index (χ1v) is 9.21. The second kappa shape index (κ2) is 6.74. The molecule has 0 aliphatic heterocycles. The van der Waals surface area contributed by atoms with Gasteiger partial charge in [0.25, 0.3) is 10.0 Å². The van der Waals surface area contributed by atoms with E-state index in [1.807, 2.05) is 26.8 Å². The van der Waals surface area contributed by atoms with Gasteiger partial charge in [0, 0.05) is 12.4 Å². The second-order valence-electron chi connectivity index (χ2n) is 6.51. The Balaban J connectivity index is 2.52. The van der Waals surface area contributed by atoms with Gasteiger partial charge in [-0.15, -0.1) is 0 Å². The Hall–Kier alpha value is -1.82. The lowest BCUT2D eigenvalue weighted by molar-refractivity contribution is 0.301. The van der Waals surface area contributed by atoms with Crippen molar-refractivity contribution in [3.8, 4) is 5.75 Å². The summed E-state index contributed by atoms with van der Waals surface area (Å²) in [5, 5.41) is 0. The molecule has 1 heterocycles. The van der Waals surface area contributed by atoms with E-state index in [0.29, 0.717) is 12.4 Å². The van der Waals surface area contributed by atoms with Crippen LogP contribution in [0.4, 0.5) is 0 Å². The lowest BCUT2D eigenvalue weighted by atomic mass is 9.87. The molecule has 0 N–H and O–H groups in total. The fraction of sp³-hybridized carbons (Fsp3) is 0.471. The van der Waals surface area contributed by atoms with Crippen molar-refractivity contribution in [1.82, 2.24) is 8.96 Å². The summed E-state index contributed by atoms with van der Waals surface area (Å²) in [7, 11) is -3.72. The van der Waals surface area contributed by atoms with Crippen molar-refractivity contribution in [2.24, 2.45) is 0 Å². The summed E-state index contributed by atoms with van der Waals surface area (Å²) in [6, 6.07) is 5.38. The first kappa shape index (κ1) is 17.5.